The van der Waals surface area contributed by atoms with Crippen LogP contribution in [0.3, 0.4) is 0 Å². The number of nitro benzene ring substituents is 1. The lowest BCUT2D eigenvalue weighted by Gasteiger charge is -2.16. The van der Waals surface area contributed by atoms with Gasteiger partial charge in [0, 0.05) is 65.0 Å². The highest BCUT2D eigenvalue weighted by Gasteiger charge is 2.24. The summed E-state index contributed by atoms with van der Waals surface area (Å²) >= 11 is 1.53. The van der Waals surface area contributed by atoms with E-state index in [2.05, 4.69) is 16.0 Å². The van der Waals surface area contributed by atoms with E-state index in [0.717, 1.165) is 34.5 Å². The number of non-ortho nitro benzene ring substituents is 1. The molecule has 9 heteroatoms. The van der Waals surface area contributed by atoms with Gasteiger partial charge in [-0.1, -0.05) is 36.4 Å². The van der Waals surface area contributed by atoms with Crippen molar-refractivity contribution in [1.29, 1.82) is 0 Å². The fourth-order valence-corrected chi connectivity index (χ4v) is 5.42. The zero-order chi connectivity index (χ0) is 25.1. The molecular formula is C27H24N4O4S. The van der Waals surface area contributed by atoms with Crippen LogP contribution in [0.1, 0.15) is 15.9 Å². The van der Waals surface area contributed by atoms with Gasteiger partial charge in [-0.15, -0.1) is 11.8 Å². The molecule has 8 nitrogen and oxygen atoms in total. The molecule has 1 aliphatic heterocycles. The SMILES string of the molecule is O=C(NCCn1cc(SCC(=O)N2CCc3ccccc32)c2ccccc21)c1ccc([N+](=O)[O-])cc1. The van der Waals surface area contributed by atoms with Crippen molar-refractivity contribution >= 4 is 45.9 Å². The largest absolute Gasteiger partial charge is 0.350 e. The molecule has 36 heavy (non-hydrogen) atoms. The predicted molar refractivity (Wildman–Crippen MR) is 141 cm³/mol. The molecule has 0 saturated heterocycles. The van der Waals surface area contributed by atoms with Gasteiger partial charge < -0.3 is 14.8 Å². The maximum Gasteiger partial charge on any atom is 0.269 e. The van der Waals surface area contributed by atoms with E-state index in [0.29, 0.717) is 24.4 Å². The second-order valence-corrected chi connectivity index (χ2v) is 9.49. The Balaban J connectivity index is 1.22. The lowest BCUT2D eigenvalue weighted by molar-refractivity contribution is -0.384. The lowest BCUT2D eigenvalue weighted by Crippen LogP contribution is -2.30. The maximum absolute atomic E-state index is 13.0. The standard InChI is InChI=1S/C27H24N4O4S/c32-26(30-15-13-19-5-1-3-7-23(19)30)18-36-25-17-29(24-8-4-2-6-22(24)25)16-14-28-27(33)20-9-11-21(12-10-20)31(34)35/h1-12,17H,13-16,18H2,(H,28,33). The zero-order valence-corrected chi connectivity index (χ0v) is 20.2. The van der Waals surface area contributed by atoms with E-state index in [1.54, 1.807) is 0 Å². The number of fused-ring (bicyclic) bond motifs is 2. The molecule has 0 atom stereocenters. The number of nitrogens with one attached hydrogen (secondary N) is 1. The summed E-state index contributed by atoms with van der Waals surface area (Å²) in [5.41, 5.74) is 3.57. The van der Waals surface area contributed by atoms with Gasteiger partial charge in [0.05, 0.1) is 10.7 Å². The number of anilines is 1. The quantitative estimate of drug-likeness (QED) is 0.216. The van der Waals surface area contributed by atoms with E-state index in [-0.39, 0.29) is 17.5 Å². The minimum absolute atomic E-state index is 0.0530. The van der Waals surface area contributed by atoms with E-state index < -0.39 is 4.92 Å². The van der Waals surface area contributed by atoms with E-state index in [4.69, 9.17) is 0 Å². The second kappa shape index (κ2) is 10.2. The third-order valence-electron chi connectivity index (χ3n) is 6.27. The molecule has 5 rings (SSSR count). The summed E-state index contributed by atoms with van der Waals surface area (Å²) in [6, 6.07) is 21.6. The Morgan fingerprint density at radius 2 is 1.75 bits per heavy atom. The summed E-state index contributed by atoms with van der Waals surface area (Å²) in [7, 11) is 0. The highest BCUT2D eigenvalue weighted by molar-refractivity contribution is 8.00. The Morgan fingerprint density at radius 3 is 2.56 bits per heavy atom. The molecule has 1 aromatic heterocycles. The number of hydrogen-bond donors (Lipinski definition) is 1. The van der Waals surface area contributed by atoms with Crippen molar-refractivity contribution in [2.24, 2.45) is 0 Å². The summed E-state index contributed by atoms with van der Waals surface area (Å²) in [5, 5.41) is 14.7. The minimum Gasteiger partial charge on any atom is -0.350 e. The first-order chi connectivity index (χ1) is 17.5. The number of aromatic nitrogens is 1. The second-order valence-electron chi connectivity index (χ2n) is 8.48. The third-order valence-corrected chi connectivity index (χ3v) is 7.30. The topological polar surface area (TPSA) is 97.5 Å². The molecular weight excluding hydrogens is 476 g/mol. The average Bonchev–Trinajstić information content (AvgIpc) is 3.49. The molecule has 2 heterocycles. The Morgan fingerprint density at radius 1 is 1.00 bits per heavy atom. The van der Waals surface area contributed by atoms with E-state index in [1.807, 2.05) is 53.6 Å². The van der Waals surface area contributed by atoms with Crippen LogP contribution in [0, 0.1) is 10.1 Å². The van der Waals surface area contributed by atoms with Crippen LogP contribution in [0.5, 0.6) is 0 Å². The molecule has 4 aromatic rings. The molecule has 3 aromatic carbocycles. The molecule has 2 amide bonds. The molecule has 1 aliphatic rings. The fourth-order valence-electron chi connectivity index (χ4n) is 4.45. The number of hydrogen-bond acceptors (Lipinski definition) is 5. The molecule has 1 N–H and O–H groups in total. The fraction of sp³-hybridized carbons (Fsp3) is 0.185. The Labute approximate surface area is 212 Å². The number of nitrogens with zero attached hydrogens (tertiary/aromatic N) is 3. The van der Waals surface area contributed by atoms with Gasteiger partial charge in [0.1, 0.15) is 0 Å². The minimum atomic E-state index is -0.494. The smallest absolute Gasteiger partial charge is 0.269 e. The van der Waals surface area contributed by atoms with Crippen LogP contribution in [0.2, 0.25) is 0 Å². The van der Waals surface area contributed by atoms with Crippen molar-refractivity contribution in [2.45, 2.75) is 17.9 Å². The van der Waals surface area contributed by atoms with Gasteiger partial charge >= 0.3 is 0 Å². The van der Waals surface area contributed by atoms with Crippen LogP contribution in [0.25, 0.3) is 10.9 Å². The average molecular weight is 501 g/mol. The lowest BCUT2D eigenvalue weighted by atomic mass is 10.2. The van der Waals surface area contributed by atoms with Gasteiger partial charge in [0.2, 0.25) is 5.91 Å². The van der Waals surface area contributed by atoms with Gasteiger partial charge in [-0.3, -0.25) is 19.7 Å². The van der Waals surface area contributed by atoms with E-state index in [1.165, 1.54) is 41.6 Å². The van der Waals surface area contributed by atoms with Crippen molar-refractivity contribution in [2.75, 3.05) is 23.7 Å². The molecule has 0 saturated carbocycles. The van der Waals surface area contributed by atoms with Crippen LogP contribution in [-0.4, -0.2) is 40.1 Å². The molecule has 0 aliphatic carbocycles. The summed E-state index contributed by atoms with van der Waals surface area (Å²) < 4.78 is 2.07. The molecule has 0 unspecified atom stereocenters. The highest BCUT2D eigenvalue weighted by atomic mass is 32.2. The summed E-state index contributed by atoms with van der Waals surface area (Å²) in [6.07, 6.45) is 2.91. The van der Waals surface area contributed by atoms with Gasteiger partial charge in [-0.05, 0) is 36.2 Å². The van der Waals surface area contributed by atoms with Crippen molar-refractivity contribution in [1.82, 2.24) is 9.88 Å². The van der Waals surface area contributed by atoms with E-state index >= 15 is 0 Å². The molecule has 182 valence electrons. The number of carbonyl (C=O) groups excluding carboxylic acids is 2. The molecule has 0 bridgehead atoms. The molecule has 0 radical (unpaired) electrons. The summed E-state index contributed by atoms with van der Waals surface area (Å²) in [6.45, 7) is 1.66. The Hall–Kier alpha value is -4.11. The van der Waals surface area contributed by atoms with Crippen LogP contribution in [0.4, 0.5) is 11.4 Å². The van der Waals surface area contributed by atoms with Crippen molar-refractivity contribution in [3.05, 3.63) is 100 Å². The maximum atomic E-state index is 13.0. The van der Waals surface area contributed by atoms with Crippen molar-refractivity contribution in [3.63, 3.8) is 0 Å². The Kier molecular flexibility index (Phi) is 6.73. The van der Waals surface area contributed by atoms with Crippen molar-refractivity contribution in [3.8, 4) is 0 Å². The number of benzene rings is 3. The van der Waals surface area contributed by atoms with Crippen molar-refractivity contribution < 1.29 is 14.5 Å². The number of rotatable bonds is 8. The van der Waals surface area contributed by atoms with Crippen LogP contribution in [-0.2, 0) is 17.8 Å². The normalized spacial score (nSPS) is 12.5. The van der Waals surface area contributed by atoms with Crippen LogP contribution in [0.15, 0.2) is 83.9 Å². The first-order valence-electron chi connectivity index (χ1n) is 11.6. The first-order valence-corrected chi connectivity index (χ1v) is 12.6. The van der Waals surface area contributed by atoms with Gasteiger partial charge in [0.15, 0.2) is 0 Å². The zero-order valence-electron chi connectivity index (χ0n) is 19.4. The number of nitro groups is 1. The summed E-state index contributed by atoms with van der Waals surface area (Å²) in [5.74, 6) is 0.156. The molecule has 0 spiro atoms. The molecule has 0 fully saturated rings. The van der Waals surface area contributed by atoms with E-state index in [9.17, 15) is 19.7 Å². The highest BCUT2D eigenvalue weighted by Crippen LogP contribution is 2.32. The first kappa shape index (κ1) is 23.6. The summed E-state index contributed by atoms with van der Waals surface area (Å²) in [4.78, 5) is 38.6. The van der Waals surface area contributed by atoms with Gasteiger partial charge in [-0.2, -0.15) is 0 Å². The van der Waals surface area contributed by atoms with Gasteiger partial charge in [0.25, 0.3) is 11.6 Å². The Bertz CT molecular complexity index is 1450. The van der Waals surface area contributed by atoms with Crippen LogP contribution >= 0.6 is 11.8 Å². The predicted octanol–water partition coefficient (Wildman–Crippen LogP) is 4.66. The number of amides is 2. The number of carbonyl (C=O) groups is 2. The third kappa shape index (κ3) is 4.83. The van der Waals surface area contributed by atoms with Crippen LogP contribution < -0.4 is 10.2 Å². The number of para-hydroxylation sites is 2. The monoisotopic (exact) mass is 500 g/mol. The number of thioether (sulfide) groups is 1. The van der Waals surface area contributed by atoms with Gasteiger partial charge in [-0.25, -0.2) is 0 Å².